The largest absolute Gasteiger partial charge is 0.357 e. The second-order valence-electron chi connectivity index (χ2n) is 3.66. The summed E-state index contributed by atoms with van der Waals surface area (Å²) < 4.78 is 0. The van der Waals surface area contributed by atoms with E-state index in [1.807, 2.05) is 6.92 Å². The molecule has 68 valence electrons. The Morgan fingerprint density at radius 1 is 1.58 bits per heavy atom. The van der Waals surface area contributed by atoms with Crippen LogP contribution in [0.3, 0.4) is 0 Å². The Balaban J connectivity index is 2.63. The van der Waals surface area contributed by atoms with Gasteiger partial charge in [-0.05, 0) is 27.2 Å². The predicted octanol–water partition coefficient (Wildman–Crippen LogP) is 3.05. The molecule has 0 radical (unpaired) electrons. The van der Waals surface area contributed by atoms with Gasteiger partial charge in [0, 0.05) is 10.9 Å². The molecule has 0 aliphatic heterocycles. The smallest absolute Gasteiger partial charge is 0.183 e. The number of rotatable bonds is 3. The van der Waals surface area contributed by atoms with Crippen LogP contribution in [-0.2, 0) is 0 Å². The van der Waals surface area contributed by atoms with E-state index in [0.29, 0.717) is 0 Å². The Morgan fingerprint density at radius 3 is 2.67 bits per heavy atom. The lowest BCUT2D eigenvalue weighted by Gasteiger charge is -2.23. The van der Waals surface area contributed by atoms with Crippen LogP contribution in [0, 0.1) is 6.92 Å². The van der Waals surface area contributed by atoms with E-state index < -0.39 is 0 Å². The molecule has 2 nitrogen and oxygen atoms in total. The van der Waals surface area contributed by atoms with Gasteiger partial charge in [0.05, 0.1) is 5.69 Å². The van der Waals surface area contributed by atoms with Crippen molar-refractivity contribution in [1.82, 2.24) is 4.98 Å². The van der Waals surface area contributed by atoms with Gasteiger partial charge < -0.3 is 5.32 Å². The molecule has 1 rings (SSSR count). The molecule has 1 aromatic heterocycles. The van der Waals surface area contributed by atoms with Crippen molar-refractivity contribution >= 4 is 16.5 Å². The third kappa shape index (κ3) is 2.48. The molecule has 0 bridgehead atoms. The Labute approximate surface area is 78.0 Å². The van der Waals surface area contributed by atoms with E-state index in [4.69, 9.17) is 0 Å². The number of hydrogen-bond acceptors (Lipinski definition) is 3. The predicted molar refractivity (Wildman–Crippen MR) is 54.8 cm³/mol. The summed E-state index contributed by atoms with van der Waals surface area (Å²) in [5, 5.41) is 6.49. The molecular weight excluding hydrogens is 168 g/mol. The molecule has 0 saturated heterocycles. The molecule has 0 spiro atoms. The minimum Gasteiger partial charge on any atom is -0.357 e. The van der Waals surface area contributed by atoms with Crippen LogP contribution in [0.5, 0.6) is 0 Å². The average molecular weight is 184 g/mol. The third-order valence-corrected chi connectivity index (χ3v) is 2.82. The molecule has 3 heteroatoms. The normalized spacial score (nSPS) is 11.7. The summed E-state index contributed by atoms with van der Waals surface area (Å²) >= 11 is 1.67. The second kappa shape index (κ2) is 3.44. The van der Waals surface area contributed by atoms with E-state index in [9.17, 15) is 0 Å². The zero-order valence-corrected chi connectivity index (χ0v) is 8.96. The maximum Gasteiger partial charge on any atom is 0.183 e. The Hall–Kier alpha value is -0.570. The van der Waals surface area contributed by atoms with Crippen LogP contribution in [0.15, 0.2) is 5.38 Å². The number of aryl methyl sites for hydroxylation is 1. The number of nitrogens with one attached hydrogen (secondary N) is 1. The third-order valence-electron chi connectivity index (χ3n) is 1.95. The van der Waals surface area contributed by atoms with Crippen LogP contribution in [0.2, 0.25) is 0 Å². The average Bonchev–Trinajstić information content (AvgIpc) is 2.35. The summed E-state index contributed by atoms with van der Waals surface area (Å²) in [5.41, 5.74) is 1.25. The summed E-state index contributed by atoms with van der Waals surface area (Å²) in [6, 6.07) is 0. The first-order valence-electron chi connectivity index (χ1n) is 4.24. The van der Waals surface area contributed by atoms with Crippen molar-refractivity contribution in [2.24, 2.45) is 0 Å². The fraction of sp³-hybridized carbons (Fsp3) is 0.667. The summed E-state index contributed by atoms with van der Waals surface area (Å²) in [4.78, 5) is 4.35. The topological polar surface area (TPSA) is 24.9 Å². The highest BCUT2D eigenvalue weighted by atomic mass is 32.1. The number of nitrogens with zero attached hydrogens (tertiary/aromatic N) is 1. The number of thiazole rings is 1. The van der Waals surface area contributed by atoms with Crippen LogP contribution in [0.25, 0.3) is 0 Å². The lowest BCUT2D eigenvalue weighted by Crippen LogP contribution is -2.29. The Morgan fingerprint density at radius 2 is 2.25 bits per heavy atom. The highest BCUT2D eigenvalue weighted by molar-refractivity contribution is 7.13. The summed E-state index contributed by atoms with van der Waals surface area (Å²) in [6.45, 7) is 8.56. The first-order chi connectivity index (χ1) is 5.53. The maximum absolute atomic E-state index is 4.35. The molecule has 0 aromatic carbocycles. The van der Waals surface area contributed by atoms with Crippen molar-refractivity contribution in [3.63, 3.8) is 0 Å². The van der Waals surface area contributed by atoms with Crippen LogP contribution >= 0.6 is 11.3 Å². The molecule has 12 heavy (non-hydrogen) atoms. The van der Waals surface area contributed by atoms with Gasteiger partial charge in [-0.3, -0.25) is 0 Å². The monoisotopic (exact) mass is 184 g/mol. The van der Waals surface area contributed by atoms with E-state index in [1.165, 1.54) is 0 Å². The van der Waals surface area contributed by atoms with E-state index >= 15 is 0 Å². The maximum atomic E-state index is 4.35. The number of aromatic nitrogens is 1. The second-order valence-corrected chi connectivity index (χ2v) is 4.51. The minimum absolute atomic E-state index is 0.157. The van der Waals surface area contributed by atoms with Gasteiger partial charge in [-0.1, -0.05) is 6.92 Å². The molecule has 0 saturated carbocycles. The molecule has 0 amide bonds. The van der Waals surface area contributed by atoms with E-state index in [2.05, 4.69) is 36.5 Å². The summed E-state index contributed by atoms with van der Waals surface area (Å²) in [7, 11) is 0. The molecule has 0 unspecified atom stereocenters. The standard InChI is InChI=1S/C9H16N2S/c1-5-9(3,4)11-8-10-7(2)6-12-8/h6H,5H2,1-4H3,(H,10,11). The molecular formula is C9H16N2S. The van der Waals surface area contributed by atoms with Crippen LogP contribution in [0.4, 0.5) is 5.13 Å². The lowest BCUT2D eigenvalue weighted by atomic mass is 10.0. The Bertz CT molecular complexity index is 253. The number of hydrogen-bond donors (Lipinski definition) is 1. The van der Waals surface area contributed by atoms with Crippen molar-refractivity contribution < 1.29 is 0 Å². The van der Waals surface area contributed by atoms with Crippen molar-refractivity contribution in [1.29, 1.82) is 0 Å². The van der Waals surface area contributed by atoms with Gasteiger partial charge in [-0.2, -0.15) is 0 Å². The molecule has 0 aliphatic carbocycles. The molecule has 0 fully saturated rings. The van der Waals surface area contributed by atoms with Gasteiger partial charge in [-0.15, -0.1) is 11.3 Å². The summed E-state index contributed by atoms with van der Waals surface area (Å²) in [6.07, 6.45) is 1.10. The van der Waals surface area contributed by atoms with Crippen LogP contribution in [0.1, 0.15) is 32.9 Å². The van der Waals surface area contributed by atoms with Gasteiger partial charge in [0.1, 0.15) is 0 Å². The minimum atomic E-state index is 0.157. The SMILES string of the molecule is CCC(C)(C)Nc1nc(C)cs1. The number of anilines is 1. The molecule has 1 heterocycles. The molecule has 0 aliphatic rings. The highest BCUT2D eigenvalue weighted by Crippen LogP contribution is 2.21. The highest BCUT2D eigenvalue weighted by Gasteiger charge is 2.15. The van der Waals surface area contributed by atoms with Crippen LogP contribution in [-0.4, -0.2) is 10.5 Å². The quantitative estimate of drug-likeness (QED) is 0.781. The lowest BCUT2D eigenvalue weighted by molar-refractivity contribution is 0.547. The molecule has 1 aromatic rings. The van der Waals surface area contributed by atoms with E-state index in [-0.39, 0.29) is 5.54 Å². The van der Waals surface area contributed by atoms with Crippen molar-refractivity contribution in [2.75, 3.05) is 5.32 Å². The van der Waals surface area contributed by atoms with Gasteiger partial charge >= 0.3 is 0 Å². The summed E-state index contributed by atoms with van der Waals surface area (Å²) in [5.74, 6) is 0. The first kappa shape index (κ1) is 9.52. The van der Waals surface area contributed by atoms with Gasteiger partial charge in [-0.25, -0.2) is 4.98 Å². The molecule has 0 atom stereocenters. The van der Waals surface area contributed by atoms with Crippen LogP contribution < -0.4 is 5.32 Å². The fourth-order valence-electron chi connectivity index (χ4n) is 0.789. The first-order valence-corrected chi connectivity index (χ1v) is 5.12. The van der Waals surface area contributed by atoms with Crippen molar-refractivity contribution in [2.45, 2.75) is 39.7 Å². The molecule has 1 N–H and O–H groups in total. The zero-order chi connectivity index (χ0) is 9.19. The van der Waals surface area contributed by atoms with E-state index in [1.54, 1.807) is 11.3 Å². The fourth-order valence-corrected chi connectivity index (χ4v) is 1.66. The van der Waals surface area contributed by atoms with Gasteiger partial charge in [0.15, 0.2) is 5.13 Å². The Kier molecular flexibility index (Phi) is 2.73. The van der Waals surface area contributed by atoms with E-state index in [0.717, 1.165) is 17.2 Å². The van der Waals surface area contributed by atoms with Crippen molar-refractivity contribution in [3.05, 3.63) is 11.1 Å². The van der Waals surface area contributed by atoms with Gasteiger partial charge in [0.2, 0.25) is 0 Å². The van der Waals surface area contributed by atoms with Gasteiger partial charge in [0.25, 0.3) is 0 Å². The zero-order valence-electron chi connectivity index (χ0n) is 8.14. The van der Waals surface area contributed by atoms with Crippen molar-refractivity contribution in [3.8, 4) is 0 Å².